The van der Waals surface area contributed by atoms with Gasteiger partial charge in [0.1, 0.15) is 11.6 Å². The van der Waals surface area contributed by atoms with E-state index in [-0.39, 0.29) is 5.82 Å². The van der Waals surface area contributed by atoms with Crippen molar-refractivity contribution in [2.75, 3.05) is 5.88 Å². The zero-order valence-corrected chi connectivity index (χ0v) is 14.6. The van der Waals surface area contributed by atoms with E-state index in [1.165, 1.54) is 12.5 Å². The predicted molar refractivity (Wildman–Crippen MR) is 88.4 cm³/mol. The van der Waals surface area contributed by atoms with Crippen LogP contribution in [-0.2, 0) is 6.42 Å². The minimum atomic E-state index is -0.266. The van der Waals surface area contributed by atoms with Gasteiger partial charge in [0.05, 0.1) is 15.5 Å². The first kappa shape index (κ1) is 15.3. The normalized spacial score (nSPS) is 25.9. The first-order chi connectivity index (χ1) is 10.0. The molecule has 0 aliphatic heterocycles. The van der Waals surface area contributed by atoms with Gasteiger partial charge in [-0.25, -0.2) is 9.37 Å². The average Bonchev–Trinajstić information content (AvgIpc) is 2.93. The quantitative estimate of drug-likeness (QED) is 0.665. The molecule has 0 amide bonds. The number of imidazole rings is 1. The third kappa shape index (κ3) is 2.61. The number of halogens is 3. The van der Waals surface area contributed by atoms with Gasteiger partial charge in [0, 0.05) is 24.4 Å². The van der Waals surface area contributed by atoms with E-state index < -0.39 is 0 Å². The van der Waals surface area contributed by atoms with E-state index in [1.54, 1.807) is 0 Å². The first-order valence-electron chi connectivity index (χ1n) is 7.44. The summed E-state index contributed by atoms with van der Waals surface area (Å²) in [6.07, 6.45) is 3.10. The lowest BCUT2D eigenvalue weighted by atomic mass is 9.97. The molecule has 0 spiro atoms. The van der Waals surface area contributed by atoms with Gasteiger partial charge in [-0.1, -0.05) is 13.8 Å². The Morgan fingerprint density at radius 1 is 1.38 bits per heavy atom. The Morgan fingerprint density at radius 2 is 2.14 bits per heavy atom. The zero-order chi connectivity index (χ0) is 15.1. The van der Waals surface area contributed by atoms with Crippen LogP contribution in [0.1, 0.15) is 38.6 Å². The van der Waals surface area contributed by atoms with Crippen molar-refractivity contribution in [1.29, 1.82) is 0 Å². The van der Waals surface area contributed by atoms with E-state index in [0.717, 1.165) is 23.3 Å². The molecule has 1 aromatic heterocycles. The summed E-state index contributed by atoms with van der Waals surface area (Å²) in [5.74, 6) is 2.55. The van der Waals surface area contributed by atoms with Gasteiger partial charge < -0.3 is 4.57 Å². The van der Waals surface area contributed by atoms with Crippen molar-refractivity contribution in [2.24, 2.45) is 11.8 Å². The molecule has 114 valence electrons. The van der Waals surface area contributed by atoms with Gasteiger partial charge in [0.25, 0.3) is 0 Å². The fraction of sp³-hybridized carbons (Fsp3) is 0.562. The SMILES string of the molecule is CC1CCC(n2c(CCCl)nc3cc(F)c(Br)cc32)C1C. The summed E-state index contributed by atoms with van der Waals surface area (Å²) < 4.78 is 16.6. The molecule has 3 unspecified atom stereocenters. The maximum atomic E-state index is 13.8. The minimum Gasteiger partial charge on any atom is -0.325 e. The van der Waals surface area contributed by atoms with Crippen molar-refractivity contribution in [1.82, 2.24) is 9.55 Å². The fourth-order valence-electron chi connectivity index (χ4n) is 3.47. The molecule has 2 aromatic rings. The summed E-state index contributed by atoms with van der Waals surface area (Å²) in [5, 5.41) is 0. The van der Waals surface area contributed by atoms with E-state index in [9.17, 15) is 4.39 Å². The highest BCUT2D eigenvalue weighted by molar-refractivity contribution is 9.10. The Morgan fingerprint density at radius 3 is 2.76 bits per heavy atom. The molecule has 0 saturated heterocycles. The molecule has 1 heterocycles. The van der Waals surface area contributed by atoms with Crippen LogP contribution in [0.2, 0.25) is 0 Å². The molecule has 1 fully saturated rings. The second-order valence-corrected chi connectivity index (χ2v) is 7.31. The topological polar surface area (TPSA) is 17.8 Å². The number of benzene rings is 1. The molecular formula is C16H19BrClFN2. The third-order valence-corrected chi connectivity index (χ3v) is 5.67. The summed E-state index contributed by atoms with van der Waals surface area (Å²) in [4.78, 5) is 4.63. The highest BCUT2D eigenvalue weighted by Gasteiger charge is 2.33. The molecule has 0 radical (unpaired) electrons. The Bertz CT molecular complexity index is 670. The Hall–Kier alpha value is -0.610. The lowest BCUT2D eigenvalue weighted by Crippen LogP contribution is -2.17. The summed E-state index contributed by atoms with van der Waals surface area (Å²) in [5.41, 5.74) is 1.73. The zero-order valence-electron chi connectivity index (χ0n) is 12.2. The fourth-order valence-corrected chi connectivity index (χ4v) is 3.97. The van der Waals surface area contributed by atoms with E-state index in [0.29, 0.717) is 34.7 Å². The molecule has 0 N–H and O–H groups in total. The molecule has 1 aliphatic carbocycles. The van der Waals surface area contributed by atoms with E-state index in [2.05, 4.69) is 39.3 Å². The van der Waals surface area contributed by atoms with Gasteiger partial charge in [0.15, 0.2) is 0 Å². The Labute approximate surface area is 137 Å². The predicted octanol–water partition coefficient (Wildman–Crippen LogP) is 5.33. The number of fused-ring (bicyclic) bond motifs is 1. The lowest BCUT2D eigenvalue weighted by Gasteiger charge is -2.23. The van der Waals surface area contributed by atoms with Gasteiger partial charge in [0.2, 0.25) is 0 Å². The van der Waals surface area contributed by atoms with Gasteiger partial charge in [-0.05, 0) is 46.7 Å². The van der Waals surface area contributed by atoms with Crippen molar-refractivity contribution in [3.63, 3.8) is 0 Å². The average molecular weight is 374 g/mol. The summed E-state index contributed by atoms with van der Waals surface area (Å²) in [7, 11) is 0. The van der Waals surface area contributed by atoms with Gasteiger partial charge in [-0.3, -0.25) is 0 Å². The van der Waals surface area contributed by atoms with Gasteiger partial charge in [-0.15, -0.1) is 11.6 Å². The van der Waals surface area contributed by atoms with Crippen LogP contribution >= 0.6 is 27.5 Å². The van der Waals surface area contributed by atoms with Crippen LogP contribution in [0.5, 0.6) is 0 Å². The maximum absolute atomic E-state index is 13.8. The van der Waals surface area contributed by atoms with Crippen molar-refractivity contribution in [3.8, 4) is 0 Å². The van der Waals surface area contributed by atoms with E-state index >= 15 is 0 Å². The van der Waals surface area contributed by atoms with E-state index in [4.69, 9.17) is 11.6 Å². The van der Waals surface area contributed by atoms with Crippen molar-refractivity contribution >= 4 is 38.6 Å². The van der Waals surface area contributed by atoms with Crippen LogP contribution in [0.3, 0.4) is 0 Å². The number of hydrogen-bond acceptors (Lipinski definition) is 1. The molecule has 1 aromatic carbocycles. The number of nitrogens with zero attached hydrogens (tertiary/aromatic N) is 2. The smallest absolute Gasteiger partial charge is 0.139 e. The number of aromatic nitrogens is 2. The summed E-state index contributed by atoms with van der Waals surface area (Å²) in [6.45, 7) is 4.61. The van der Waals surface area contributed by atoms with Crippen molar-refractivity contribution in [2.45, 2.75) is 39.2 Å². The molecule has 5 heteroatoms. The monoisotopic (exact) mass is 372 g/mol. The van der Waals surface area contributed by atoms with Gasteiger partial charge >= 0.3 is 0 Å². The molecule has 21 heavy (non-hydrogen) atoms. The molecule has 1 aliphatic rings. The third-order valence-electron chi connectivity index (χ3n) is 4.88. The Balaban J connectivity index is 2.18. The molecule has 3 atom stereocenters. The Kier molecular flexibility index (Phi) is 4.28. The molecule has 3 rings (SSSR count). The first-order valence-corrected chi connectivity index (χ1v) is 8.77. The maximum Gasteiger partial charge on any atom is 0.139 e. The summed E-state index contributed by atoms with van der Waals surface area (Å²) in [6, 6.07) is 3.79. The molecule has 0 bridgehead atoms. The lowest BCUT2D eigenvalue weighted by molar-refractivity contribution is 0.352. The van der Waals surface area contributed by atoms with Crippen LogP contribution in [0, 0.1) is 17.7 Å². The standard InChI is InChI=1S/C16H19BrClFN2/c1-9-3-4-14(10(9)2)21-15-7-11(17)12(19)8-13(15)20-16(21)5-6-18/h7-10,14H,3-6H2,1-2H3. The molecule has 2 nitrogen and oxygen atoms in total. The molecular weight excluding hydrogens is 355 g/mol. The van der Waals surface area contributed by atoms with E-state index in [1.807, 2.05) is 6.07 Å². The second-order valence-electron chi connectivity index (χ2n) is 6.07. The number of rotatable bonds is 3. The number of hydrogen-bond donors (Lipinski definition) is 0. The van der Waals surface area contributed by atoms with Crippen LogP contribution in [0.25, 0.3) is 11.0 Å². The van der Waals surface area contributed by atoms with Crippen LogP contribution < -0.4 is 0 Å². The summed E-state index contributed by atoms with van der Waals surface area (Å²) >= 11 is 9.23. The van der Waals surface area contributed by atoms with Crippen LogP contribution in [-0.4, -0.2) is 15.4 Å². The van der Waals surface area contributed by atoms with Crippen molar-refractivity contribution in [3.05, 3.63) is 28.2 Å². The molecule has 1 saturated carbocycles. The highest BCUT2D eigenvalue weighted by Crippen LogP contribution is 2.42. The van der Waals surface area contributed by atoms with Crippen molar-refractivity contribution < 1.29 is 4.39 Å². The second kappa shape index (κ2) is 5.88. The highest BCUT2D eigenvalue weighted by atomic mass is 79.9. The van der Waals surface area contributed by atoms with Crippen LogP contribution in [0.15, 0.2) is 16.6 Å². The largest absolute Gasteiger partial charge is 0.325 e. The number of aryl methyl sites for hydroxylation is 1. The van der Waals surface area contributed by atoms with Gasteiger partial charge in [-0.2, -0.15) is 0 Å². The van der Waals surface area contributed by atoms with Crippen LogP contribution in [0.4, 0.5) is 4.39 Å². The minimum absolute atomic E-state index is 0.266. The number of alkyl halides is 1.